The Morgan fingerprint density at radius 2 is 2.38 bits per heavy atom. The van der Waals surface area contributed by atoms with Crippen molar-refractivity contribution in [1.82, 2.24) is 10.6 Å². The summed E-state index contributed by atoms with van der Waals surface area (Å²) in [5.74, 6) is 0.513. The number of piperidine rings is 1. The van der Waals surface area contributed by atoms with E-state index in [0.717, 1.165) is 6.42 Å². The zero-order valence-corrected chi connectivity index (χ0v) is 10.3. The third-order valence-electron chi connectivity index (χ3n) is 2.54. The third-order valence-corrected chi connectivity index (χ3v) is 3.41. The van der Waals surface area contributed by atoms with Gasteiger partial charge in [-0.25, -0.2) is 0 Å². The molecular formula is C10H18N2O3S. The smallest absolute Gasteiger partial charge is 0.224 e. The van der Waals surface area contributed by atoms with Crippen LogP contribution in [0.1, 0.15) is 19.3 Å². The van der Waals surface area contributed by atoms with Crippen LogP contribution in [-0.4, -0.2) is 41.1 Å². The quantitative estimate of drug-likeness (QED) is 0.636. The lowest BCUT2D eigenvalue weighted by Gasteiger charge is -2.21. The van der Waals surface area contributed by atoms with Crippen molar-refractivity contribution in [2.75, 3.05) is 25.1 Å². The van der Waals surface area contributed by atoms with E-state index in [-0.39, 0.29) is 17.7 Å². The summed E-state index contributed by atoms with van der Waals surface area (Å²) in [5.41, 5.74) is 0. The SMILES string of the molecule is CS(=O)CCCNC(=O)C1CCC(=O)NC1. The molecule has 1 rings (SSSR count). The van der Waals surface area contributed by atoms with Gasteiger partial charge in [0.05, 0.1) is 5.92 Å². The lowest BCUT2D eigenvalue weighted by atomic mass is 9.98. The van der Waals surface area contributed by atoms with Crippen LogP contribution >= 0.6 is 0 Å². The van der Waals surface area contributed by atoms with Crippen LogP contribution in [0.4, 0.5) is 0 Å². The summed E-state index contributed by atoms with van der Waals surface area (Å²) >= 11 is 0. The molecule has 1 aliphatic rings. The Bertz CT molecular complexity index is 284. The van der Waals surface area contributed by atoms with Gasteiger partial charge in [0.2, 0.25) is 11.8 Å². The highest BCUT2D eigenvalue weighted by Gasteiger charge is 2.23. The summed E-state index contributed by atoms with van der Waals surface area (Å²) in [6.07, 6.45) is 3.43. The van der Waals surface area contributed by atoms with Crippen molar-refractivity contribution in [1.29, 1.82) is 0 Å². The number of hydrogen-bond donors (Lipinski definition) is 2. The van der Waals surface area contributed by atoms with Gasteiger partial charge >= 0.3 is 0 Å². The molecule has 0 radical (unpaired) electrons. The first-order valence-corrected chi connectivity index (χ1v) is 7.16. The molecule has 1 heterocycles. The second kappa shape index (κ2) is 6.62. The zero-order chi connectivity index (χ0) is 12.0. The predicted octanol–water partition coefficient (Wildman–Crippen LogP) is -0.603. The standard InChI is InChI=1S/C10H18N2O3S/c1-16(15)6-2-5-11-10(14)8-3-4-9(13)12-7-8/h8H,2-7H2,1H3,(H,11,14)(H,12,13). The highest BCUT2D eigenvalue weighted by atomic mass is 32.2. The van der Waals surface area contributed by atoms with Crippen LogP contribution in [0, 0.1) is 5.92 Å². The average Bonchev–Trinajstić information content (AvgIpc) is 2.25. The molecular weight excluding hydrogens is 228 g/mol. The second-order valence-corrected chi connectivity index (χ2v) is 5.52. The van der Waals surface area contributed by atoms with Crippen molar-refractivity contribution in [2.45, 2.75) is 19.3 Å². The van der Waals surface area contributed by atoms with Gasteiger partial charge in [0, 0.05) is 42.3 Å². The summed E-state index contributed by atoms with van der Waals surface area (Å²) in [4.78, 5) is 22.5. The van der Waals surface area contributed by atoms with Crippen LogP contribution in [0.15, 0.2) is 0 Å². The van der Waals surface area contributed by atoms with Crippen molar-refractivity contribution in [2.24, 2.45) is 5.92 Å². The molecule has 0 aliphatic carbocycles. The molecule has 0 aromatic carbocycles. The van der Waals surface area contributed by atoms with E-state index in [4.69, 9.17) is 0 Å². The van der Waals surface area contributed by atoms with E-state index < -0.39 is 10.8 Å². The Hall–Kier alpha value is -0.910. The van der Waals surface area contributed by atoms with E-state index in [2.05, 4.69) is 10.6 Å². The number of amides is 2. The van der Waals surface area contributed by atoms with E-state index in [1.165, 1.54) is 0 Å². The van der Waals surface area contributed by atoms with Crippen LogP contribution < -0.4 is 10.6 Å². The van der Waals surface area contributed by atoms with Crippen LogP contribution in [0.25, 0.3) is 0 Å². The summed E-state index contributed by atoms with van der Waals surface area (Å²) in [5, 5.41) is 5.47. The summed E-state index contributed by atoms with van der Waals surface area (Å²) in [6.45, 7) is 0.993. The van der Waals surface area contributed by atoms with Crippen molar-refractivity contribution in [3.63, 3.8) is 0 Å². The van der Waals surface area contributed by atoms with Crippen LogP contribution in [-0.2, 0) is 20.4 Å². The van der Waals surface area contributed by atoms with Crippen molar-refractivity contribution in [3.05, 3.63) is 0 Å². The van der Waals surface area contributed by atoms with E-state index in [1.54, 1.807) is 6.26 Å². The monoisotopic (exact) mass is 246 g/mol. The van der Waals surface area contributed by atoms with Gasteiger partial charge in [-0.1, -0.05) is 0 Å². The minimum Gasteiger partial charge on any atom is -0.356 e. The molecule has 2 atom stereocenters. The Morgan fingerprint density at radius 3 is 2.94 bits per heavy atom. The largest absolute Gasteiger partial charge is 0.356 e. The average molecular weight is 246 g/mol. The molecule has 6 heteroatoms. The van der Waals surface area contributed by atoms with Crippen LogP contribution in [0.2, 0.25) is 0 Å². The van der Waals surface area contributed by atoms with E-state index in [1.807, 2.05) is 0 Å². The molecule has 0 spiro atoms. The highest BCUT2D eigenvalue weighted by molar-refractivity contribution is 7.84. The fourth-order valence-corrected chi connectivity index (χ4v) is 2.14. The number of carbonyl (C=O) groups is 2. The van der Waals surface area contributed by atoms with Crippen molar-refractivity contribution in [3.8, 4) is 0 Å². The minimum atomic E-state index is -0.798. The Morgan fingerprint density at radius 1 is 1.62 bits per heavy atom. The molecule has 2 unspecified atom stereocenters. The summed E-state index contributed by atoms with van der Waals surface area (Å²) in [6, 6.07) is 0. The first-order valence-electron chi connectivity index (χ1n) is 5.44. The van der Waals surface area contributed by atoms with Gasteiger partial charge in [-0.15, -0.1) is 0 Å². The minimum absolute atomic E-state index is 0.0121. The van der Waals surface area contributed by atoms with Crippen molar-refractivity contribution >= 4 is 22.6 Å². The maximum absolute atomic E-state index is 11.6. The molecule has 0 aromatic heterocycles. The van der Waals surface area contributed by atoms with Crippen molar-refractivity contribution < 1.29 is 13.8 Å². The van der Waals surface area contributed by atoms with Gasteiger partial charge in [-0.2, -0.15) is 0 Å². The summed E-state index contributed by atoms with van der Waals surface area (Å²) < 4.78 is 10.8. The van der Waals surface area contributed by atoms with Gasteiger partial charge in [0.1, 0.15) is 0 Å². The third kappa shape index (κ3) is 4.74. The number of hydrogen-bond acceptors (Lipinski definition) is 3. The first kappa shape index (κ1) is 13.2. The second-order valence-electron chi connectivity index (χ2n) is 3.96. The normalized spacial score (nSPS) is 22.3. The zero-order valence-electron chi connectivity index (χ0n) is 9.45. The first-order chi connectivity index (χ1) is 7.59. The molecule has 2 N–H and O–H groups in total. The predicted molar refractivity (Wildman–Crippen MR) is 62.3 cm³/mol. The van der Waals surface area contributed by atoms with E-state index in [9.17, 15) is 13.8 Å². The Kier molecular flexibility index (Phi) is 5.45. The Labute approximate surface area is 97.8 Å². The topological polar surface area (TPSA) is 75.3 Å². The maximum atomic E-state index is 11.6. The molecule has 5 nitrogen and oxygen atoms in total. The van der Waals surface area contributed by atoms with E-state index in [0.29, 0.717) is 31.7 Å². The van der Waals surface area contributed by atoms with Gasteiger partial charge < -0.3 is 10.6 Å². The maximum Gasteiger partial charge on any atom is 0.224 e. The van der Waals surface area contributed by atoms with Crippen LogP contribution in [0.5, 0.6) is 0 Å². The number of nitrogens with one attached hydrogen (secondary N) is 2. The molecule has 1 fully saturated rings. The lowest BCUT2D eigenvalue weighted by molar-refractivity contribution is -0.128. The summed E-state index contributed by atoms with van der Waals surface area (Å²) in [7, 11) is -0.798. The molecule has 92 valence electrons. The molecule has 0 aromatic rings. The fourth-order valence-electron chi connectivity index (χ4n) is 1.59. The number of carbonyl (C=O) groups excluding carboxylic acids is 2. The molecule has 0 saturated carbocycles. The molecule has 1 saturated heterocycles. The Balaban J connectivity index is 2.15. The van der Waals surface area contributed by atoms with Gasteiger partial charge in [-0.3, -0.25) is 13.8 Å². The molecule has 2 amide bonds. The fraction of sp³-hybridized carbons (Fsp3) is 0.800. The molecule has 0 bridgehead atoms. The molecule has 16 heavy (non-hydrogen) atoms. The van der Waals surface area contributed by atoms with Crippen LogP contribution in [0.3, 0.4) is 0 Å². The highest BCUT2D eigenvalue weighted by Crippen LogP contribution is 2.10. The van der Waals surface area contributed by atoms with Gasteiger partial charge in [-0.05, 0) is 12.8 Å². The number of rotatable bonds is 5. The van der Waals surface area contributed by atoms with E-state index >= 15 is 0 Å². The van der Waals surface area contributed by atoms with Gasteiger partial charge in [0.25, 0.3) is 0 Å². The lowest BCUT2D eigenvalue weighted by Crippen LogP contribution is -2.43. The molecule has 1 aliphatic heterocycles. The van der Waals surface area contributed by atoms with Gasteiger partial charge in [0.15, 0.2) is 0 Å².